The summed E-state index contributed by atoms with van der Waals surface area (Å²) in [5, 5.41) is 2.90. The number of methoxy groups -OCH3 is 1. The Bertz CT molecular complexity index is 1440. The van der Waals surface area contributed by atoms with Gasteiger partial charge in [0.2, 0.25) is 0 Å². The normalized spacial score (nSPS) is 14.5. The first-order valence-corrected chi connectivity index (χ1v) is 13.1. The molecule has 0 saturated carbocycles. The van der Waals surface area contributed by atoms with Crippen molar-refractivity contribution >= 4 is 17.2 Å². The smallest absolute Gasteiger partial charge is 0.416 e. The van der Waals surface area contributed by atoms with Crippen LogP contribution in [0.15, 0.2) is 66.9 Å². The fraction of sp³-hybridized carbons (Fsp3) is 0.333. The van der Waals surface area contributed by atoms with E-state index in [0.717, 1.165) is 55.1 Å². The van der Waals surface area contributed by atoms with Crippen molar-refractivity contribution in [2.45, 2.75) is 44.8 Å². The molecule has 4 aromatic rings. The number of anilines is 1. The Hall–Kier alpha value is -4.01. The summed E-state index contributed by atoms with van der Waals surface area (Å²) in [4.78, 5) is 19.7. The van der Waals surface area contributed by atoms with Gasteiger partial charge in [-0.1, -0.05) is 31.2 Å². The number of benzene rings is 2. The van der Waals surface area contributed by atoms with Gasteiger partial charge < -0.3 is 15.0 Å². The van der Waals surface area contributed by atoms with Gasteiger partial charge >= 0.3 is 6.18 Å². The molecule has 0 bridgehead atoms. The van der Waals surface area contributed by atoms with Gasteiger partial charge in [0.05, 0.1) is 18.4 Å². The third-order valence-corrected chi connectivity index (χ3v) is 7.41. The van der Waals surface area contributed by atoms with Gasteiger partial charge in [-0.15, -0.1) is 0 Å². The maximum absolute atomic E-state index is 13.1. The van der Waals surface area contributed by atoms with Gasteiger partial charge in [-0.3, -0.25) is 9.20 Å². The first kappa shape index (κ1) is 26.6. The van der Waals surface area contributed by atoms with Crippen LogP contribution in [-0.4, -0.2) is 35.5 Å². The number of carbonyl (C=O) groups is 1. The van der Waals surface area contributed by atoms with Gasteiger partial charge in [0.15, 0.2) is 0 Å². The summed E-state index contributed by atoms with van der Waals surface area (Å²) < 4.78 is 46.0. The number of ether oxygens (including phenoxy) is 1. The Balaban J connectivity index is 1.20. The van der Waals surface area contributed by atoms with Crippen molar-refractivity contribution in [2.24, 2.45) is 0 Å². The van der Waals surface area contributed by atoms with E-state index in [1.165, 1.54) is 16.2 Å². The molecular formula is C30H31F3N4O2. The van der Waals surface area contributed by atoms with Crippen LogP contribution < -0.4 is 15.0 Å². The number of pyridine rings is 1. The second kappa shape index (κ2) is 11.0. The van der Waals surface area contributed by atoms with Crippen molar-refractivity contribution in [2.75, 3.05) is 25.1 Å². The second-order valence-electron chi connectivity index (χ2n) is 9.79. The van der Waals surface area contributed by atoms with Crippen molar-refractivity contribution < 1.29 is 22.7 Å². The number of piperidine rings is 1. The molecule has 0 aliphatic carbocycles. The number of aromatic nitrogens is 2. The van der Waals surface area contributed by atoms with Crippen LogP contribution in [0.25, 0.3) is 5.65 Å². The Morgan fingerprint density at radius 2 is 1.74 bits per heavy atom. The van der Waals surface area contributed by atoms with E-state index in [4.69, 9.17) is 4.74 Å². The fourth-order valence-electron chi connectivity index (χ4n) is 5.19. The van der Waals surface area contributed by atoms with E-state index in [0.29, 0.717) is 24.6 Å². The molecule has 1 saturated heterocycles. The van der Waals surface area contributed by atoms with Crippen LogP contribution >= 0.6 is 0 Å². The van der Waals surface area contributed by atoms with Gasteiger partial charge in [-0.25, -0.2) is 4.98 Å². The predicted molar refractivity (Wildman–Crippen MR) is 144 cm³/mol. The molecule has 1 amide bonds. The number of nitrogens with zero attached hydrogens (tertiary/aromatic N) is 3. The average molecular weight is 537 g/mol. The zero-order valence-electron chi connectivity index (χ0n) is 22.0. The number of rotatable bonds is 7. The predicted octanol–water partition coefficient (Wildman–Crippen LogP) is 6.24. The number of nitrogens with one attached hydrogen (secondary N) is 1. The van der Waals surface area contributed by atoms with E-state index >= 15 is 0 Å². The van der Waals surface area contributed by atoms with Crippen LogP contribution in [0.2, 0.25) is 0 Å². The lowest BCUT2D eigenvalue weighted by atomic mass is 9.89. The highest BCUT2D eigenvalue weighted by atomic mass is 19.4. The van der Waals surface area contributed by atoms with E-state index in [-0.39, 0.29) is 17.2 Å². The number of hydrogen-bond donors (Lipinski definition) is 1. The van der Waals surface area contributed by atoms with Gasteiger partial charge in [0, 0.05) is 31.5 Å². The second-order valence-corrected chi connectivity index (χ2v) is 9.79. The maximum atomic E-state index is 13.1. The Morgan fingerprint density at radius 1 is 1.05 bits per heavy atom. The van der Waals surface area contributed by atoms with Crippen LogP contribution in [0.3, 0.4) is 0 Å². The number of fused-ring (bicyclic) bond motifs is 1. The van der Waals surface area contributed by atoms with Gasteiger partial charge in [0.1, 0.15) is 17.1 Å². The first-order valence-electron chi connectivity index (χ1n) is 13.1. The number of halogens is 3. The highest BCUT2D eigenvalue weighted by Crippen LogP contribution is 2.32. The third-order valence-electron chi connectivity index (χ3n) is 7.41. The molecular weight excluding hydrogens is 505 g/mol. The molecule has 1 aliphatic rings. The van der Waals surface area contributed by atoms with Crippen molar-refractivity contribution in [1.29, 1.82) is 0 Å². The Labute approximate surface area is 225 Å². The monoisotopic (exact) mass is 536 g/mol. The number of alkyl halides is 3. The lowest BCUT2D eigenvalue weighted by Gasteiger charge is -2.34. The molecule has 0 radical (unpaired) electrons. The minimum absolute atomic E-state index is 0.104. The number of hydrogen-bond acceptors (Lipinski definition) is 4. The molecule has 3 heterocycles. The van der Waals surface area contributed by atoms with Gasteiger partial charge in [-0.05, 0) is 72.7 Å². The van der Waals surface area contributed by atoms with Crippen LogP contribution in [0.5, 0.6) is 5.75 Å². The third kappa shape index (κ3) is 5.72. The number of carbonyl (C=O) groups excluding carboxylic acids is 1. The van der Waals surface area contributed by atoms with E-state index in [1.54, 1.807) is 7.11 Å². The Kier molecular flexibility index (Phi) is 7.50. The molecule has 2 aromatic carbocycles. The zero-order chi connectivity index (χ0) is 27.6. The number of amides is 1. The lowest BCUT2D eigenvalue weighted by Crippen LogP contribution is -2.32. The van der Waals surface area contributed by atoms with Crippen LogP contribution in [-0.2, 0) is 19.1 Å². The van der Waals surface area contributed by atoms with E-state index in [1.807, 2.05) is 31.2 Å². The van der Waals surface area contributed by atoms with Crippen molar-refractivity contribution in [3.05, 3.63) is 94.9 Å². The lowest BCUT2D eigenvalue weighted by molar-refractivity contribution is -0.137. The molecule has 5 rings (SSSR count). The van der Waals surface area contributed by atoms with Gasteiger partial charge in [-0.2, -0.15) is 13.2 Å². The SMILES string of the molecule is CCc1nc2cc(C(F)(F)F)ccn2c1C(=O)NCc1ccc(N2CCC(c3ccc(OC)cc3)CC2)cc1. The van der Waals surface area contributed by atoms with Crippen molar-refractivity contribution in [3.8, 4) is 5.75 Å². The van der Waals surface area contributed by atoms with Crippen LogP contribution in [0, 0.1) is 0 Å². The van der Waals surface area contributed by atoms with E-state index in [9.17, 15) is 18.0 Å². The van der Waals surface area contributed by atoms with Gasteiger partial charge in [0.25, 0.3) is 5.91 Å². The quantitative estimate of drug-likeness (QED) is 0.304. The molecule has 204 valence electrons. The van der Waals surface area contributed by atoms with Crippen LogP contribution in [0.4, 0.5) is 18.9 Å². The first-order chi connectivity index (χ1) is 18.8. The molecule has 39 heavy (non-hydrogen) atoms. The summed E-state index contributed by atoms with van der Waals surface area (Å²) in [6, 6.07) is 18.4. The van der Waals surface area contributed by atoms with E-state index in [2.05, 4.69) is 39.5 Å². The largest absolute Gasteiger partial charge is 0.497 e. The molecule has 6 nitrogen and oxygen atoms in total. The average Bonchev–Trinajstić information content (AvgIpc) is 3.34. The molecule has 2 aromatic heterocycles. The van der Waals surface area contributed by atoms with Crippen LogP contribution in [0.1, 0.15) is 58.6 Å². The fourth-order valence-corrected chi connectivity index (χ4v) is 5.19. The summed E-state index contributed by atoms with van der Waals surface area (Å²) in [5.41, 5.74) is 3.46. The highest BCUT2D eigenvalue weighted by molar-refractivity contribution is 5.94. The number of imidazole rings is 1. The maximum Gasteiger partial charge on any atom is 0.416 e. The topological polar surface area (TPSA) is 58.9 Å². The molecule has 0 spiro atoms. The summed E-state index contributed by atoms with van der Waals surface area (Å²) >= 11 is 0. The summed E-state index contributed by atoms with van der Waals surface area (Å²) in [5.74, 6) is 1.04. The van der Waals surface area contributed by atoms with Crippen molar-refractivity contribution in [3.63, 3.8) is 0 Å². The summed E-state index contributed by atoms with van der Waals surface area (Å²) in [6.07, 6.45) is -0.635. The molecule has 1 N–H and O–H groups in total. The minimum Gasteiger partial charge on any atom is -0.497 e. The molecule has 0 unspecified atom stereocenters. The molecule has 0 atom stereocenters. The minimum atomic E-state index is -4.47. The van der Waals surface area contributed by atoms with E-state index < -0.39 is 11.7 Å². The standard InChI is InChI=1S/C30H31F3N4O2/c1-3-26-28(37-17-14-23(30(31,32)33)18-27(37)35-26)29(38)34-19-20-4-8-24(9-5-20)36-15-12-22(13-16-36)21-6-10-25(39-2)11-7-21/h4-11,14,17-18,22H,3,12-13,15-16,19H2,1-2H3,(H,34,38). The summed E-state index contributed by atoms with van der Waals surface area (Å²) in [6.45, 7) is 4.06. The number of aryl methyl sites for hydroxylation is 1. The van der Waals surface area contributed by atoms with Crippen molar-refractivity contribution in [1.82, 2.24) is 14.7 Å². The molecule has 1 aliphatic heterocycles. The molecule has 1 fully saturated rings. The zero-order valence-corrected chi connectivity index (χ0v) is 22.0. The highest BCUT2D eigenvalue weighted by Gasteiger charge is 2.31. The molecule has 9 heteroatoms. The Morgan fingerprint density at radius 3 is 2.36 bits per heavy atom. The summed E-state index contributed by atoms with van der Waals surface area (Å²) in [7, 11) is 1.68.